The number of halogens is 11. The van der Waals surface area contributed by atoms with Crippen LogP contribution < -0.4 is 5.46 Å². The van der Waals surface area contributed by atoms with Crippen molar-refractivity contribution in [2.75, 3.05) is 12.5 Å². The first kappa shape index (κ1) is 27.0. The maximum absolute atomic E-state index is 12.5. The Bertz CT molecular complexity index is 926. The zero-order valence-electron chi connectivity index (χ0n) is 15.1. The number of rotatable bonds is 3. The number of hydrogen-bond donors (Lipinski definition) is 0. The van der Waals surface area contributed by atoms with Crippen LogP contribution in [-0.4, -0.2) is 19.5 Å². The molecule has 168 valence electrons. The van der Waals surface area contributed by atoms with Gasteiger partial charge < -0.3 is 12.9 Å². The van der Waals surface area contributed by atoms with E-state index in [0.717, 1.165) is 5.56 Å². The highest BCUT2D eigenvalue weighted by Crippen LogP contribution is 2.38. The van der Waals surface area contributed by atoms with E-state index in [-0.39, 0.29) is 0 Å². The summed E-state index contributed by atoms with van der Waals surface area (Å²) in [4.78, 5) is 0. The second kappa shape index (κ2) is 9.62. The van der Waals surface area contributed by atoms with Gasteiger partial charge in [-0.3, -0.25) is 0 Å². The Balaban J connectivity index is 0.000000300. The lowest BCUT2D eigenvalue weighted by atomic mass is 9.79. The quantitative estimate of drug-likeness (QED) is 0.117. The normalized spacial score (nSPS) is 12.4. The molecule has 0 fully saturated rings. The number of benzene rings is 2. The molecular weight excluding hydrogens is 509 g/mol. The molecule has 0 amide bonds. The van der Waals surface area contributed by atoms with Gasteiger partial charge in [-0.2, -0.15) is 0 Å². The summed E-state index contributed by atoms with van der Waals surface area (Å²) in [5.41, 5.74) is -1.12. The van der Waals surface area contributed by atoms with E-state index < -0.39 is 55.3 Å². The van der Waals surface area contributed by atoms with Gasteiger partial charge in [0.05, 0.1) is 9.93 Å². The molecule has 2 aromatic rings. The van der Waals surface area contributed by atoms with E-state index in [4.69, 9.17) is 34.8 Å². The zero-order chi connectivity index (χ0) is 23.7. The topological polar surface area (TPSA) is 17.1 Å². The van der Waals surface area contributed by atoms with Crippen LogP contribution in [0.1, 0.15) is 11.1 Å². The molecule has 0 spiro atoms. The molecule has 0 heterocycles. The lowest BCUT2D eigenvalue weighted by Gasteiger charge is -2.17. The maximum Gasteiger partial charge on any atom is 0.515 e. The fourth-order valence-electron chi connectivity index (χ4n) is 2.10. The fraction of sp³-hybridized carbons (Fsp3) is 0.250. The van der Waals surface area contributed by atoms with Crippen LogP contribution in [0.2, 0.25) is 0 Å². The summed E-state index contributed by atoms with van der Waals surface area (Å²) in [7, 11) is -1.77. The summed E-state index contributed by atoms with van der Waals surface area (Å²) in [6.45, 7) is -6.30. The van der Waals surface area contributed by atoms with Crippen molar-refractivity contribution in [3.05, 3.63) is 64.5 Å². The van der Waals surface area contributed by atoms with Gasteiger partial charge in [0.2, 0.25) is 3.79 Å². The molecular formula is C16H12BCl3F8OS. The highest BCUT2D eigenvalue weighted by Gasteiger charge is 2.37. The second-order valence-corrected chi connectivity index (χ2v) is 11.8. The minimum absolute atomic E-state index is 0.549. The van der Waals surface area contributed by atoms with E-state index in [9.17, 15) is 39.1 Å². The van der Waals surface area contributed by atoms with Crippen molar-refractivity contribution in [2.24, 2.45) is 0 Å². The molecule has 0 aromatic heterocycles. The standard InChI is InChI=1S/C10H12Cl3OS.C6BF8/c1-15(2,14)7-8-3-5-9(6-4-8)10(11,12)13;8-2-1(7(13,14)15)3(9)5(11)6(12)4(2)10/h3-6H,7H2,1-2H3;/q+1;-1. The Morgan fingerprint density at radius 2 is 1.17 bits per heavy atom. The Hall–Kier alpha value is -1.04. The van der Waals surface area contributed by atoms with Crippen LogP contribution in [0.3, 0.4) is 0 Å². The molecule has 0 saturated carbocycles. The van der Waals surface area contributed by atoms with E-state index in [1.165, 1.54) is 0 Å². The highest BCUT2D eigenvalue weighted by atomic mass is 35.6. The average Bonchev–Trinajstić information content (AvgIpc) is 2.56. The Morgan fingerprint density at radius 3 is 1.47 bits per heavy atom. The molecule has 14 heteroatoms. The molecule has 0 aliphatic carbocycles. The molecule has 0 aliphatic rings. The van der Waals surface area contributed by atoms with E-state index in [0.29, 0.717) is 11.3 Å². The summed E-state index contributed by atoms with van der Waals surface area (Å²) in [5.74, 6) is -13.0. The van der Waals surface area contributed by atoms with Crippen LogP contribution in [0, 0.1) is 29.1 Å². The van der Waals surface area contributed by atoms with Crippen molar-refractivity contribution in [3.63, 3.8) is 0 Å². The third-order valence-corrected chi connectivity index (χ3v) is 5.05. The molecule has 0 N–H and O–H groups in total. The Kier molecular flexibility index (Phi) is 8.66. The van der Waals surface area contributed by atoms with E-state index >= 15 is 0 Å². The lowest BCUT2D eigenvalue weighted by Crippen LogP contribution is -2.41. The zero-order valence-corrected chi connectivity index (χ0v) is 18.2. The Morgan fingerprint density at radius 1 is 0.800 bits per heavy atom. The van der Waals surface area contributed by atoms with Crippen LogP contribution in [0.4, 0.5) is 34.9 Å². The molecule has 0 saturated heterocycles. The SMILES string of the molecule is C[S+](C)(=O)Cc1ccc(C(Cl)(Cl)Cl)cc1.Fc1c(F)c(F)c([B-](F)(F)F)c(F)c1F. The van der Waals surface area contributed by atoms with Gasteiger partial charge in [0.1, 0.15) is 29.9 Å². The summed E-state index contributed by atoms with van der Waals surface area (Å²) >= 11 is 17.2. The van der Waals surface area contributed by atoms with E-state index in [1.54, 1.807) is 24.6 Å². The third-order valence-electron chi connectivity index (χ3n) is 3.37. The average molecular weight is 521 g/mol. The van der Waals surface area contributed by atoms with Crippen LogP contribution >= 0.6 is 34.8 Å². The summed E-state index contributed by atoms with van der Waals surface area (Å²) in [6.07, 6.45) is 3.46. The van der Waals surface area contributed by atoms with Gasteiger partial charge in [0.15, 0.2) is 17.5 Å². The molecule has 2 aromatic carbocycles. The van der Waals surface area contributed by atoms with Crippen molar-refractivity contribution in [3.8, 4) is 0 Å². The van der Waals surface area contributed by atoms with Crippen LogP contribution in [0.5, 0.6) is 0 Å². The monoisotopic (exact) mass is 520 g/mol. The van der Waals surface area contributed by atoms with Gasteiger partial charge in [0.25, 0.3) is 0 Å². The maximum atomic E-state index is 12.5. The summed E-state index contributed by atoms with van der Waals surface area (Å²) < 4.78 is 108. The fourth-order valence-corrected chi connectivity index (χ4v) is 3.47. The molecule has 1 nitrogen and oxygen atoms in total. The first-order valence-electron chi connectivity index (χ1n) is 7.65. The molecule has 30 heavy (non-hydrogen) atoms. The number of hydrogen-bond acceptors (Lipinski definition) is 1. The van der Waals surface area contributed by atoms with Crippen molar-refractivity contribution >= 4 is 57.2 Å². The summed E-state index contributed by atoms with van der Waals surface area (Å²) in [6, 6.07) is 7.16. The molecule has 0 unspecified atom stereocenters. The predicted octanol–water partition coefficient (Wildman–Crippen LogP) is 6.21. The van der Waals surface area contributed by atoms with Crippen molar-refractivity contribution in [1.29, 1.82) is 0 Å². The van der Waals surface area contributed by atoms with Crippen molar-refractivity contribution < 1.29 is 39.1 Å². The third kappa shape index (κ3) is 7.28. The van der Waals surface area contributed by atoms with Crippen molar-refractivity contribution in [1.82, 2.24) is 0 Å². The largest absolute Gasteiger partial charge is 0.515 e. The van der Waals surface area contributed by atoms with Crippen LogP contribution in [-0.2, 0) is 23.7 Å². The van der Waals surface area contributed by atoms with Crippen LogP contribution in [0.15, 0.2) is 24.3 Å². The smallest absolute Gasteiger partial charge is 0.445 e. The molecule has 0 bridgehead atoms. The van der Waals surface area contributed by atoms with Crippen molar-refractivity contribution in [2.45, 2.75) is 9.55 Å². The van der Waals surface area contributed by atoms with E-state index in [1.807, 2.05) is 12.1 Å². The Labute approximate surface area is 182 Å². The molecule has 0 aliphatic heterocycles. The van der Waals surface area contributed by atoms with Gasteiger partial charge in [-0.05, 0) is 5.46 Å². The van der Waals surface area contributed by atoms with Gasteiger partial charge >= 0.3 is 6.98 Å². The molecule has 0 radical (unpaired) electrons. The van der Waals surface area contributed by atoms with Gasteiger partial charge in [-0.25, -0.2) is 22.0 Å². The van der Waals surface area contributed by atoms with E-state index in [2.05, 4.69) is 0 Å². The minimum atomic E-state index is -6.30. The first-order valence-corrected chi connectivity index (χ1v) is 11.3. The number of alkyl halides is 3. The van der Waals surface area contributed by atoms with Gasteiger partial charge in [-0.1, -0.05) is 59.1 Å². The van der Waals surface area contributed by atoms with Crippen LogP contribution in [0.25, 0.3) is 0 Å². The lowest BCUT2D eigenvalue weighted by molar-refractivity contribution is 0.377. The van der Waals surface area contributed by atoms with Gasteiger partial charge in [-0.15, -0.1) is 4.21 Å². The highest BCUT2D eigenvalue weighted by molar-refractivity contribution is 8.00. The molecule has 0 atom stereocenters. The molecule has 2 rings (SSSR count). The predicted molar refractivity (Wildman–Crippen MR) is 104 cm³/mol. The second-order valence-electron chi connectivity index (χ2n) is 6.33. The first-order chi connectivity index (χ1) is 13.4. The van der Waals surface area contributed by atoms with Gasteiger partial charge in [0, 0.05) is 11.1 Å². The minimum Gasteiger partial charge on any atom is -0.445 e. The summed E-state index contributed by atoms with van der Waals surface area (Å²) in [5, 5.41) is 0.